The highest BCUT2D eigenvalue weighted by molar-refractivity contribution is 5.99. The molecule has 2 aromatic carbocycles. The van der Waals surface area contributed by atoms with Crippen LogP contribution in [0.2, 0.25) is 0 Å². The number of amides is 1. The Hall–Kier alpha value is -3.74. The molecule has 31 heavy (non-hydrogen) atoms. The van der Waals surface area contributed by atoms with Crippen LogP contribution in [-0.2, 0) is 13.0 Å². The van der Waals surface area contributed by atoms with Gasteiger partial charge in [-0.1, -0.05) is 65.3 Å². The van der Waals surface area contributed by atoms with Gasteiger partial charge in [0.05, 0.1) is 12.1 Å². The van der Waals surface area contributed by atoms with E-state index in [1.54, 1.807) is 6.92 Å². The van der Waals surface area contributed by atoms with E-state index in [4.69, 9.17) is 9.62 Å². The molecular formula is C24H25N5O2. The lowest BCUT2D eigenvalue weighted by molar-refractivity contribution is 0.0953. The minimum Gasteiger partial charge on any atom is -0.352 e. The summed E-state index contributed by atoms with van der Waals surface area (Å²) in [6.45, 7) is 4.94. The Balaban J connectivity index is 1.49. The summed E-state index contributed by atoms with van der Waals surface area (Å²) >= 11 is 0. The SMILES string of the molecule is Cc1ccc(-c2nn(Cc3ccccc3)cc2C(=O)NCCCc2nc(C)no2)cc1. The number of nitrogens with one attached hydrogen (secondary N) is 1. The fraction of sp³-hybridized carbons (Fsp3) is 0.250. The average molecular weight is 415 g/mol. The summed E-state index contributed by atoms with van der Waals surface area (Å²) in [7, 11) is 0. The number of hydrogen-bond donors (Lipinski definition) is 1. The first kappa shape index (κ1) is 20.5. The van der Waals surface area contributed by atoms with E-state index in [1.807, 2.05) is 72.4 Å². The molecule has 2 aromatic heterocycles. The minimum atomic E-state index is -0.142. The summed E-state index contributed by atoms with van der Waals surface area (Å²) < 4.78 is 6.94. The number of rotatable bonds is 8. The van der Waals surface area contributed by atoms with Crippen LogP contribution in [0.4, 0.5) is 0 Å². The van der Waals surface area contributed by atoms with Crippen LogP contribution < -0.4 is 5.32 Å². The molecule has 0 fully saturated rings. The lowest BCUT2D eigenvalue weighted by Crippen LogP contribution is -2.25. The van der Waals surface area contributed by atoms with Crippen LogP contribution in [0.15, 0.2) is 65.3 Å². The Morgan fingerprint density at radius 2 is 1.84 bits per heavy atom. The third-order valence-electron chi connectivity index (χ3n) is 4.94. The molecule has 158 valence electrons. The average Bonchev–Trinajstić information content (AvgIpc) is 3.38. The predicted molar refractivity (Wildman–Crippen MR) is 118 cm³/mol. The van der Waals surface area contributed by atoms with Crippen molar-refractivity contribution in [3.63, 3.8) is 0 Å². The van der Waals surface area contributed by atoms with Crippen LogP contribution in [0, 0.1) is 13.8 Å². The highest BCUT2D eigenvalue weighted by atomic mass is 16.5. The Labute approximate surface area is 181 Å². The number of benzene rings is 2. The maximum Gasteiger partial charge on any atom is 0.255 e. The van der Waals surface area contributed by atoms with Crippen molar-refractivity contribution in [3.8, 4) is 11.3 Å². The van der Waals surface area contributed by atoms with E-state index < -0.39 is 0 Å². The van der Waals surface area contributed by atoms with Crippen LogP contribution in [0.3, 0.4) is 0 Å². The molecule has 0 aliphatic carbocycles. The van der Waals surface area contributed by atoms with Gasteiger partial charge in [-0.05, 0) is 25.8 Å². The quantitative estimate of drug-likeness (QED) is 0.440. The standard InChI is InChI=1S/C24H25N5O2/c1-17-10-12-20(13-11-17)23-21(16-29(27-23)15-19-7-4-3-5-8-19)24(30)25-14-6-9-22-26-18(2)28-31-22/h3-5,7-8,10-13,16H,6,9,14-15H2,1-2H3,(H,25,30). The number of hydrogen-bond acceptors (Lipinski definition) is 5. The summed E-state index contributed by atoms with van der Waals surface area (Å²) in [6.07, 6.45) is 3.16. The molecule has 1 N–H and O–H groups in total. The van der Waals surface area contributed by atoms with Gasteiger partial charge in [0.1, 0.15) is 5.69 Å². The van der Waals surface area contributed by atoms with Crippen molar-refractivity contribution in [2.45, 2.75) is 33.2 Å². The van der Waals surface area contributed by atoms with E-state index in [-0.39, 0.29) is 5.91 Å². The topological polar surface area (TPSA) is 85.8 Å². The molecule has 4 aromatic rings. The van der Waals surface area contributed by atoms with Gasteiger partial charge in [-0.3, -0.25) is 9.48 Å². The molecule has 4 rings (SSSR count). The third kappa shape index (κ3) is 5.25. The first-order valence-corrected chi connectivity index (χ1v) is 10.3. The lowest BCUT2D eigenvalue weighted by atomic mass is 10.1. The van der Waals surface area contributed by atoms with Gasteiger partial charge in [-0.15, -0.1) is 0 Å². The highest BCUT2D eigenvalue weighted by Gasteiger charge is 2.18. The summed E-state index contributed by atoms with van der Waals surface area (Å²) in [5.41, 5.74) is 4.45. The second-order valence-corrected chi connectivity index (χ2v) is 7.54. The van der Waals surface area contributed by atoms with Crippen molar-refractivity contribution in [3.05, 3.63) is 89.2 Å². The Morgan fingerprint density at radius 3 is 2.55 bits per heavy atom. The molecule has 0 atom stereocenters. The maximum absolute atomic E-state index is 13.0. The van der Waals surface area contributed by atoms with E-state index in [0.717, 1.165) is 16.7 Å². The Morgan fingerprint density at radius 1 is 1.06 bits per heavy atom. The number of carbonyl (C=O) groups excluding carboxylic acids is 1. The summed E-state index contributed by atoms with van der Waals surface area (Å²) in [5.74, 6) is 1.06. The van der Waals surface area contributed by atoms with Gasteiger partial charge in [0.2, 0.25) is 5.89 Å². The Bertz CT molecular complexity index is 1150. The molecule has 7 heteroatoms. The van der Waals surface area contributed by atoms with Crippen molar-refractivity contribution in [2.24, 2.45) is 0 Å². The van der Waals surface area contributed by atoms with Crippen LogP contribution in [-0.4, -0.2) is 32.4 Å². The molecular weight excluding hydrogens is 390 g/mol. The predicted octanol–water partition coefficient (Wildman–Crippen LogP) is 3.96. The molecule has 0 radical (unpaired) electrons. The molecule has 0 saturated heterocycles. The van der Waals surface area contributed by atoms with Crippen LogP contribution >= 0.6 is 0 Å². The number of aryl methyl sites for hydroxylation is 3. The Kier molecular flexibility index (Phi) is 6.21. The van der Waals surface area contributed by atoms with Gasteiger partial charge in [-0.2, -0.15) is 10.1 Å². The molecule has 0 aliphatic heterocycles. The zero-order valence-corrected chi connectivity index (χ0v) is 17.7. The van der Waals surface area contributed by atoms with Gasteiger partial charge >= 0.3 is 0 Å². The second-order valence-electron chi connectivity index (χ2n) is 7.54. The van der Waals surface area contributed by atoms with Crippen molar-refractivity contribution in [1.29, 1.82) is 0 Å². The fourth-order valence-corrected chi connectivity index (χ4v) is 3.34. The van der Waals surface area contributed by atoms with Gasteiger partial charge in [-0.25, -0.2) is 0 Å². The van der Waals surface area contributed by atoms with Crippen molar-refractivity contribution >= 4 is 5.91 Å². The van der Waals surface area contributed by atoms with Crippen molar-refractivity contribution in [2.75, 3.05) is 6.54 Å². The highest BCUT2D eigenvalue weighted by Crippen LogP contribution is 2.23. The van der Waals surface area contributed by atoms with Crippen molar-refractivity contribution in [1.82, 2.24) is 25.2 Å². The number of aromatic nitrogens is 4. The smallest absolute Gasteiger partial charge is 0.255 e. The molecule has 0 spiro atoms. The van der Waals surface area contributed by atoms with Crippen LogP contribution in [0.1, 0.15) is 39.6 Å². The minimum absolute atomic E-state index is 0.142. The zero-order valence-electron chi connectivity index (χ0n) is 17.7. The molecule has 0 aliphatic rings. The molecule has 0 saturated carbocycles. The molecule has 2 heterocycles. The van der Waals surface area contributed by atoms with Gasteiger partial charge in [0, 0.05) is 24.7 Å². The lowest BCUT2D eigenvalue weighted by Gasteiger charge is -2.05. The zero-order chi connectivity index (χ0) is 21.6. The summed E-state index contributed by atoms with van der Waals surface area (Å²) in [4.78, 5) is 17.2. The fourth-order valence-electron chi connectivity index (χ4n) is 3.34. The normalized spacial score (nSPS) is 10.9. The largest absolute Gasteiger partial charge is 0.352 e. The monoisotopic (exact) mass is 415 g/mol. The first-order valence-electron chi connectivity index (χ1n) is 10.3. The molecule has 7 nitrogen and oxygen atoms in total. The van der Waals surface area contributed by atoms with E-state index in [1.165, 1.54) is 0 Å². The van der Waals surface area contributed by atoms with E-state index in [0.29, 0.717) is 48.9 Å². The van der Waals surface area contributed by atoms with Gasteiger partial charge in [0.25, 0.3) is 5.91 Å². The summed E-state index contributed by atoms with van der Waals surface area (Å²) in [5, 5.41) is 11.5. The van der Waals surface area contributed by atoms with Crippen LogP contribution in [0.5, 0.6) is 0 Å². The molecule has 1 amide bonds. The van der Waals surface area contributed by atoms with E-state index in [9.17, 15) is 4.79 Å². The maximum atomic E-state index is 13.0. The van der Waals surface area contributed by atoms with Gasteiger partial charge in [0.15, 0.2) is 5.82 Å². The number of carbonyl (C=O) groups is 1. The third-order valence-corrected chi connectivity index (χ3v) is 4.94. The van der Waals surface area contributed by atoms with E-state index in [2.05, 4.69) is 15.5 Å². The summed E-state index contributed by atoms with van der Waals surface area (Å²) in [6, 6.07) is 18.1. The van der Waals surface area contributed by atoms with Crippen LogP contribution in [0.25, 0.3) is 11.3 Å². The van der Waals surface area contributed by atoms with Gasteiger partial charge < -0.3 is 9.84 Å². The second kappa shape index (κ2) is 9.38. The number of nitrogens with zero attached hydrogens (tertiary/aromatic N) is 4. The van der Waals surface area contributed by atoms with Crippen molar-refractivity contribution < 1.29 is 9.32 Å². The molecule has 0 bridgehead atoms. The van der Waals surface area contributed by atoms with E-state index >= 15 is 0 Å². The first-order chi connectivity index (χ1) is 15.1. The molecule has 0 unspecified atom stereocenters.